The van der Waals surface area contributed by atoms with E-state index in [2.05, 4.69) is 51.9 Å². The fourth-order valence-electron chi connectivity index (χ4n) is 4.25. The Labute approximate surface area is 210 Å². The third-order valence-corrected chi connectivity index (χ3v) is 6.50. The maximum absolute atomic E-state index is 14.2. The minimum absolute atomic E-state index is 0.225. The van der Waals surface area contributed by atoms with E-state index in [1.807, 2.05) is 12.3 Å². The number of aliphatic imine (C=N–C) groups is 2. The number of hydrogen-bond donors (Lipinski definition) is 3. The molecule has 11 heteroatoms. The molecule has 0 radical (unpaired) electrons. The van der Waals surface area contributed by atoms with Crippen LogP contribution in [0, 0.1) is 11.6 Å². The van der Waals surface area contributed by atoms with Gasteiger partial charge >= 0.3 is 0 Å². The van der Waals surface area contributed by atoms with E-state index >= 15 is 0 Å². The van der Waals surface area contributed by atoms with Crippen molar-refractivity contribution in [1.82, 2.24) is 25.6 Å². The highest BCUT2D eigenvalue weighted by Crippen LogP contribution is 2.43. The molecule has 1 saturated heterocycles. The number of anilines is 2. The van der Waals surface area contributed by atoms with E-state index in [1.165, 1.54) is 0 Å². The van der Waals surface area contributed by atoms with Crippen LogP contribution in [0.2, 0.25) is 0 Å². The Balaban J connectivity index is 1.44. The maximum Gasteiger partial charge on any atom is 0.201 e. The van der Waals surface area contributed by atoms with Gasteiger partial charge in [0.05, 0.1) is 23.9 Å². The zero-order valence-electron chi connectivity index (χ0n) is 19.6. The molecule has 0 bridgehead atoms. The molecule has 36 heavy (non-hydrogen) atoms. The van der Waals surface area contributed by atoms with Gasteiger partial charge in [-0.05, 0) is 61.7 Å². The topological polar surface area (TPSA) is 99.5 Å². The van der Waals surface area contributed by atoms with Crippen LogP contribution in [-0.4, -0.2) is 46.6 Å². The van der Waals surface area contributed by atoms with Crippen molar-refractivity contribution < 1.29 is 8.78 Å². The molecule has 0 spiro atoms. The van der Waals surface area contributed by atoms with Gasteiger partial charge in [-0.15, -0.1) is 0 Å². The molecule has 2 fully saturated rings. The maximum atomic E-state index is 14.2. The SMILES string of the molecule is C=Nc1cncc(C2CC2)c1C(=NCc1ccnc(Nc2nc(P)cc(F)c2F)c1)NC1CCNC1. The number of amidine groups is 1. The second-order valence-electron chi connectivity index (χ2n) is 8.92. The molecule has 3 aromatic heterocycles. The molecular weight excluding hydrogens is 481 g/mol. The largest absolute Gasteiger partial charge is 0.366 e. The Kier molecular flexibility index (Phi) is 7.25. The number of nitrogens with one attached hydrogen (secondary N) is 3. The molecule has 0 aromatic carbocycles. The van der Waals surface area contributed by atoms with Crippen molar-refractivity contribution in [2.24, 2.45) is 9.98 Å². The smallest absolute Gasteiger partial charge is 0.201 e. The summed E-state index contributed by atoms with van der Waals surface area (Å²) in [5.74, 6) is -0.711. The monoisotopic (exact) mass is 508 g/mol. The van der Waals surface area contributed by atoms with Crippen LogP contribution in [0.3, 0.4) is 0 Å². The van der Waals surface area contributed by atoms with Crippen LogP contribution >= 0.6 is 9.24 Å². The average Bonchev–Trinajstić information content (AvgIpc) is 3.60. The first-order valence-corrected chi connectivity index (χ1v) is 12.4. The molecule has 1 aliphatic carbocycles. The molecule has 5 rings (SSSR count). The summed E-state index contributed by atoms with van der Waals surface area (Å²) in [6.45, 7) is 5.90. The van der Waals surface area contributed by atoms with Gasteiger partial charge in [0.1, 0.15) is 11.7 Å². The lowest BCUT2D eigenvalue weighted by molar-refractivity contribution is 0.509. The van der Waals surface area contributed by atoms with Gasteiger partial charge in [0, 0.05) is 36.6 Å². The Morgan fingerprint density at radius 2 is 2.08 bits per heavy atom. The van der Waals surface area contributed by atoms with E-state index in [0.717, 1.165) is 60.9 Å². The summed E-state index contributed by atoms with van der Waals surface area (Å²) < 4.78 is 28.0. The molecule has 0 amide bonds. The van der Waals surface area contributed by atoms with Crippen molar-refractivity contribution in [3.8, 4) is 0 Å². The highest BCUT2D eigenvalue weighted by Gasteiger charge is 2.30. The predicted octanol–water partition coefficient (Wildman–Crippen LogP) is 3.50. The van der Waals surface area contributed by atoms with Crippen LogP contribution < -0.4 is 21.4 Å². The highest BCUT2D eigenvalue weighted by molar-refractivity contribution is 7.26. The molecule has 2 aliphatic rings. The molecule has 1 saturated carbocycles. The third kappa shape index (κ3) is 5.55. The summed E-state index contributed by atoms with van der Waals surface area (Å²) >= 11 is 0. The fourth-order valence-corrected chi connectivity index (χ4v) is 4.52. The molecule has 3 aromatic rings. The molecule has 2 unspecified atom stereocenters. The minimum Gasteiger partial charge on any atom is -0.366 e. The average molecular weight is 509 g/mol. The van der Waals surface area contributed by atoms with Crippen molar-refractivity contribution >= 4 is 44.6 Å². The van der Waals surface area contributed by atoms with Gasteiger partial charge in [0.15, 0.2) is 11.6 Å². The van der Waals surface area contributed by atoms with E-state index in [1.54, 1.807) is 18.5 Å². The first-order chi connectivity index (χ1) is 17.5. The highest BCUT2D eigenvalue weighted by atomic mass is 31.0. The molecule has 186 valence electrons. The normalized spacial score (nSPS) is 17.8. The van der Waals surface area contributed by atoms with Crippen LogP contribution in [0.15, 0.2) is 46.8 Å². The van der Waals surface area contributed by atoms with Crippen molar-refractivity contribution in [3.05, 3.63) is 65.1 Å². The van der Waals surface area contributed by atoms with Crippen molar-refractivity contribution in [2.75, 3.05) is 18.4 Å². The Morgan fingerprint density at radius 1 is 1.22 bits per heavy atom. The lowest BCUT2D eigenvalue weighted by Gasteiger charge is -2.19. The van der Waals surface area contributed by atoms with Gasteiger partial charge in [-0.25, -0.2) is 14.4 Å². The second kappa shape index (κ2) is 10.7. The van der Waals surface area contributed by atoms with E-state index < -0.39 is 11.6 Å². The summed E-state index contributed by atoms with van der Waals surface area (Å²) in [6, 6.07) is 4.84. The quantitative estimate of drug-likeness (QED) is 0.245. The van der Waals surface area contributed by atoms with Crippen LogP contribution in [0.25, 0.3) is 0 Å². The number of halogens is 2. The number of aromatic nitrogens is 3. The fraction of sp³-hybridized carbons (Fsp3) is 0.320. The summed E-state index contributed by atoms with van der Waals surface area (Å²) in [6.07, 6.45) is 8.45. The number of rotatable bonds is 8. The van der Waals surface area contributed by atoms with Crippen LogP contribution in [-0.2, 0) is 6.54 Å². The summed E-state index contributed by atoms with van der Waals surface area (Å²) in [5, 5.41) is 9.76. The lowest BCUT2D eigenvalue weighted by Crippen LogP contribution is -2.37. The molecule has 4 heterocycles. The molecule has 8 nitrogen and oxygen atoms in total. The van der Waals surface area contributed by atoms with Gasteiger partial charge in [-0.3, -0.25) is 15.0 Å². The van der Waals surface area contributed by atoms with Crippen LogP contribution in [0.5, 0.6) is 0 Å². The zero-order chi connectivity index (χ0) is 25.1. The molecule has 1 aliphatic heterocycles. The first kappa shape index (κ1) is 24.3. The van der Waals surface area contributed by atoms with Gasteiger partial charge in [-0.1, -0.05) is 9.24 Å². The van der Waals surface area contributed by atoms with Gasteiger partial charge in [-0.2, -0.15) is 4.39 Å². The molecule has 2 atom stereocenters. The number of hydrogen-bond acceptors (Lipinski definition) is 7. The molecular formula is C25H27F2N8P. The number of pyridine rings is 3. The summed E-state index contributed by atoms with van der Waals surface area (Å²) in [5.41, 5.74) is 3.91. The van der Waals surface area contributed by atoms with Crippen LogP contribution in [0.4, 0.5) is 26.1 Å². The minimum atomic E-state index is -1.06. The Bertz CT molecular complexity index is 1310. The first-order valence-electron chi connectivity index (χ1n) is 11.8. The van der Waals surface area contributed by atoms with Crippen molar-refractivity contribution in [3.63, 3.8) is 0 Å². The van der Waals surface area contributed by atoms with Crippen molar-refractivity contribution in [2.45, 2.75) is 37.8 Å². The van der Waals surface area contributed by atoms with Gasteiger partial charge in [0.2, 0.25) is 5.82 Å². The van der Waals surface area contributed by atoms with E-state index in [9.17, 15) is 8.78 Å². The summed E-state index contributed by atoms with van der Waals surface area (Å²) in [4.78, 5) is 21.8. The summed E-state index contributed by atoms with van der Waals surface area (Å²) in [7, 11) is 2.26. The van der Waals surface area contributed by atoms with E-state index in [0.29, 0.717) is 24.0 Å². The molecule has 3 N–H and O–H groups in total. The van der Waals surface area contributed by atoms with E-state index in [-0.39, 0.29) is 17.3 Å². The van der Waals surface area contributed by atoms with E-state index in [4.69, 9.17) is 4.99 Å². The number of nitrogens with zero attached hydrogens (tertiary/aromatic N) is 5. The standard InChI is InChI=1S/C25H27F2N8P/c1-28-19-13-30-12-17(15-2-3-15)22(19)24(33-16-5-6-29-11-16)32-10-14-4-7-31-20(8-14)34-25-23(27)18(26)9-21(36)35-25/h4,7-9,12-13,15-16,29H,1-3,5-6,10-11,36H2,(H,32,33)(H,31,34,35). The van der Waals surface area contributed by atoms with Crippen LogP contribution in [0.1, 0.15) is 41.9 Å². The third-order valence-electron chi connectivity index (χ3n) is 6.20. The predicted molar refractivity (Wildman–Crippen MR) is 141 cm³/mol. The lowest BCUT2D eigenvalue weighted by atomic mass is 10.0. The second-order valence-corrected chi connectivity index (χ2v) is 9.51. The Morgan fingerprint density at radius 3 is 2.83 bits per heavy atom. The van der Waals surface area contributed by atoms with Crippen molar-refractivity contribution in [1.29, 1.82) is 0 Å². The zero-order valence-corrected chi connectivity index (χ0v) is 20.8. The van der Waals surface area contributed by atoms with Gasteiger partial charge in [0.25, 0.3) is 0 Å². The van der Waals surface area contributed by atoms with Gasteiger partial charge < -0.3 is 16.0 Å². The Hall–Kier alpha value is -3.36.